The summed E-state index contributed by atoms with van der Waals surface area (Å²) in [6, 6.07) is 32.6. The minimum atomic E-state index is 0. The van der Waals surface area contributed by atoms with Gasteiger partial charge in [-0.3, -0.25) is 0 Å². The average molecular weight is 1230 g/mol. The second kappa shape index (κ2) is 45.3. The molecule has 2 aliphatic heterocycles. The molecule has 480 valence electrons. The molecule has 4 aromatic carbocycles. The molecule has 0 spiro atoms. The first-order chi connectivity index (χ1) is 43.3. The topological polar surface area (TPSA) is 32.5 Å². The number of hydrogen-bond acceptors (Lipinski definition) is 5. The van der Waals surface area contributed by atoms with E-state index in [1.807, 2.05) is 141 Å². The lowest BCUT2D eigenvalue weighted by Gasteiger charge is -2.38. The van der Waals surface area contributed by atoms with Crippen molar-refractivity contribution in [2.75, 3.05) is 16.1 Å². The van der Waals surface area contributed by atoms with E-state index in [1.165, 1.54) is 77.8 Å². The number of fused-ring (bicyclic) bond motifs is 3. The van der Waals surface area contributed by atoms with Gasteiger partial charge >= 0.3 is 0 Å². The standard InChI is InChI=1S/C67H65N3OS.8C2H6.H2S/c1-7-9-35-66(72-6)47(4)53-28-20-29-54(42-53)49(22-8-2)26-19-23-46(3)69-61-34-21-27-50(36-37-55(61)43-56-44-65-60(45-64(56)69)68-67(71-65)52-24-13-12-14-25-52)51-38-40-59-48(5)58-32-17-18-33-62(58)70(63(59)41-39-51)57-30-15-10-11-16-31-57;8*1-2;/h7-10,12-18,20-22,24-33,35,38-39,41-42,44-45,48,50H,1,3,11,19,23,34,36-37,40,43H2,2,4-6H3;8*1-2H3;1H2/b22-8-,27-21-,35-9-,49-26?,66-47-;;;;;;;;;. The summed E-state index contributed by atoms with van der Waals surface area (Å²) in [4.78, 5) is 11.3. The predicted octanol–water partition coefficient (Wildman–Crippen LogP) is 26.7. The van der Waals surface area contributed by atoms with Crippen molar-refractivity contribution < 1.29 is 4.42 Å². The third kappa shape index (κ3) is 21.0. The highest BCUT2D eigenvalue weighted by Crippen LogP contribution is 2.48. The summed E-state index contributed by atoms with van der Waals surface area (Å²) in [5, 5.41) is 0. The van der Waals surface area contributed by atoms with Crippen LogP contribution in [0.3, 0.4) is 0 Å². The Kier molecular flexibility index (Phi) is 40.7. The Morgan fingerprint density at radius 3 is 2.12 bits per heavy atom. The number of thioether (sulfide) groups is 1. The van der Waals surface area contributed by atoms with Crippen molar-refractivity contribution in [1.29, 1.82) is 0 Å². The minimum absolute atomic E-state index is 0. The van der Waals surface area contributed by atoms with Crippen LogP contribution in [-0.4, -0.2) is 11.2 Å². The Morgan fingerprint density at radius 1 is 0.753 bits per heavy atom. The van der Waals surface area contributed by atoms with Gasteiger partial charge in [-0.1, -0.05) is 258 Å². The number of allylic oxidation sites excluding steroid dienone is 22. The normalized spacial score (nSPS) is 16.5. The van der Waals surface area contributed by atoms with Crippen LogP contribution in [0, 0.1) is 5.92 Å². The van der Waals surface area contributed by atoms with Gasteiger partial charge in [-0.15, -0.1) is 11.8 Å². The van der Waals surface area contributed by atoms with Gasteiger partial charge in [0.1, 0.15) is 5.52 Å². The first kappa shape index (κ1) is 80.0. The lowest BCUT2D eigenvalue weighted by Crippen LogP contribution is -2.28. The van der Waals surface area contributed by atoms with Crippen LogP contribution >= 0.6 is 25.3 Å². The Labute approximate surface area is 555 Å². The summed E-state index contributed by atoms with van der Waals surface area (Å²) in [6.45, 7) is 47.4. The van der Waals surface area contributed by atoms with Gasteiger partial charge in [-0.2, -0.15) is 13.5 Å². The van der Waals surface area contributed by atoms with Crippen molar-refractivity contribution in [3.63, 3.8) is 0 Å². The van der Waals surface area contributed by atoms with Crippen molar-refractivity contribution in [1.82, 2.24) is 4.98 Å². The highest BCUT2D eigenvalue weighted by Gasteiger charge is 2.33. The van der Waals surface area contributed by atoms with Crippen LogP contribution in [-0.2, 0) is 6.42 Å². The molecule has 0 N–H and O–H groups in total. The lowest BCUT2D eigenvalue weighted by molar-refractivity contribution is 0.618. The largest absolute Gasteiger partial charge is 0.436 e. The van der Waals surface area contributed by atoms with E-state index in [2.05, 4.69) is 201 Å². The number of anilines is 2. The summed E-state index contributed by atoms with van der Waals surface area (Å²) in [6.07, 6.45) is 45.6. The van der Waals surface area contributed by atoms with E-state index in [0.29, 0.717) is 17.7 Å². The highest BCUT2D eigenvalue weighted by molar-refractivity contribution is 8.02. The molecule has 1 aromatic heterocycles. The number of hydrogen-bond donors (Lipinski definition) is 0. The molecular formula is C83H115N3OS2. The van der Waals surface area contributed by atoms with Gasteiger partial charge in [0.25, 0.3) is 0 Å². The molecule has 3 aliphatic carbocycles. The zero-order valence-corrected chi connectivity index (χ0v) is 60.6. The van der Waals surface area contributed by atoms with Gasteiger partial charge in [-0.05, 0) is 176 Å². The first-order valence-corrected chi connectivity index (χ1v) is 34.9. The molecule has 2 unspecified atom stereocenters. The molecule has 0 amide bonds. The van der Waals surface area contributed by atoms with Crippen molar-refractivity contribution in [3.05, 3.63) is 268 Å². The maximum Gasteiger partial charge on any atom is 0.227 e. The highest BCUT2D eigenvalue weighted by atomic mass is 32.2. The fourth-order valence-electron chi connectivity index (χ4n) is 11.1. The molecule has 89 heavy (non-hydrogen) atoms. The molecule has 4 nitrogen and oxygen atoms in total. The number of oxazole rings is 1. The summed E-state index contributed by atoms with van der Waals surface area (Å²) in [7, 11) is 0. The molecule has 6 heteroatoms. The van der Waals surface area contributed by atoms with E-state index in [9.17, 15) is 0 Å². The molecule has 5 aliphatic rings. The molecule has 0 radical (unpaired) electrons. The smallest absolute Gasteiger partial charge is 0.227 e. The maximum absolute atomic E-state index is 6.50. The molecular weight excluding hydrogens is 1120 g/mol. The molecule has 3 heterocycles. The van der Waals surface area contributed by atoms with Gasteiger partial charge in [-0.25, -0.2) is 4.98 Å². The zero-order chi connectivity index (χ0) is 65.6. The van der Waals surface area contributed by atoms with Gasteiger partial charge in [0.05, 0.1) is 5.69 Å². The van der Waals surface area contributed by atoms with Crippen LogP contribution in [0.5, 0.6) is 0 Å². The number of aromatic nitrogens is 1. The Bertz CT molecular complexity index is 3320. The molecule has 0 saturated carbocycles. The summed E-state index contributed by atoms with van der Waals surface area (Å²) >= 11 is 1.76. The Hall–Kier alpha value is -6.99. The minimum Gasteiger partial charge on any atom is -0.436 e. The van der Waals surface area contributed by atoms with Gasteiger partial charge in [0.2, 0.25) is 5.89 Å². The van der Waals surface area contributed by atoms with Gasteiger partial charge in [0, 0.05) is 57.2 Å². The molecule has 2 atom stereocenters. The van der Waals surface area contributed by atoms with Crippen LogP contribution in [0.25, 0.3) is 33.7 Å². The van der Waals surface area contributed by atoms with Crippen LogP contribution in [0.2, 0.25) is 0 Å². The Balaban J connectivity index is 0.00000216. The maximum atomic E-state index is 6.50. The number of nitrogens with zero attached hydrogens (tertiary/aromatic N) is 3. The molecule has 10 rings (SSSR count). The molecule has 0 bridgehead atoms. The van der Waals surface area contributed by atoms with Crippen molar-refractivity contribution in [2.24, 2.45) is 5.92 Å². The zero-order valence-electron chi connectivity index (χ0n) is 58.8. The van der Waals surface area contributed by atoms with E-state index in [0.717, 1.165) is 79.4 Å². The van der Waals surface area contributed by atoms with Crippen LogP contribution < -0.4 is 9.80 Å². The first-order valence-electron chi connectivity index (χ1n) is 33.7. The quantitative estimate of drug-likeness (QED) is 0.0867. The van der Waals surface area contributed by atoms with Crippen LogP contribution in [0.15, 0.2) is 250 Å². The number of para-hydroxylation sites is 1. The van der Waals surface area contributed by atoms with E-state index in [4.69, 9.17) is 16.0 Å². The average Bonchev–Trinajstić information content (AvgIpc) is 2.07. The second-order valence-corrected chi connectivity index (χ2v) is 20.1. The third-order valence-corrected chi connectivity index (χ3v) is 15.7. The number of rotatable bonds is 13. The fraction of sp³-hybridized carbons (Fsp3) is 0.361. The van der Waals surface area contributed by atoms with Crippen LogP contribution in [0.1, 0.15) is 205 Å². The second-order valence-electron chi connectivity index (χ2n) is 19.2. The molecule has 0 saturated heterocycles. The van der Waals surface area contributed by atoms with E-state index >= 15 is 0 Å². The Morgan fingerprint density at radius 2 is 1.44 bits per heavy atom. The van der Waals surface area contributed by atoms with Crippen LogP contribution in [0.4, 0.5) is 11.4 Å². The summed E-state index contributed by atoms with van der Waals surface area (Å²) in [5.74, 6) is 1.27. The molecule has 0 fully saturated rings. The SMILES string of the molecule is C=C/C=C\C(SC)=C(/C)c1cccc(C(=CCCC(=C)N2C3=C(CCC(C4=CCC5=C(C=C4)N(C4=CC=CCC=C4)c4ccccc4C5C)/C=C\C3)Cc3cc4oc(-c5ccccc5)nc4cc32)/C=C\C)c1.CC.CC.CC.CC.CC.CC.CC.CC.S. The van der Waals surface area contributed by atoms with Crippen molar-refractivity contribution >= 4 is 58.9 Å². The van der Waals surface area contributed by atoms with E-state index in [-0.39, 0.29) is 13.5 Å². The third-order valence-electron chi connectivity index (χ3n) is 14.8. The molecule has 5 aromatic rings. The van der Waals surface area contributed by atoms with Crippen molar-refractivity contribution in [2.45, 2.75) is 189 Å². The summed E-state index contributed by atoms with van der Waals surface area (Å²) < 4.78 is 6.50. The summed E-state index contributed by atoms with van der Waals surface area (Å²) in [5.41, 5.74) is 21.9. The van der Waals surface area contributed by atoms with Crippen molar-refractivity contribution in [3.8, 4) is 11.5 Å². The van der Waals surface area contributed by atoms with Gasteiger partial charge in [0.15, 0.2) is 5.58 Å². The van der Waals surface area contributed by atoms with E-state index < -0.39 is 0 Å². The fourth-order valence-corrected chi connectivity index (χ4v) is 11.7. The van der Waals surface area contributed by atoms with Gasteiger partial charge < -0.3 is 14.2 Å². The predicted molar refractivity (Wildman–Crippen MR) is 411 cm³/mol. The lowest BCUT2D eigenvalue weighted by atomic mass is 9.83. The van der Waals surface area contributed by atoms with E-state index in [1.54, 1.807) is 11.8 Å². The monoisotopic (exact) mass is 1230 g/mol. The number of benzene rings is 4.